The van der Waals surface area contributed by atoms with Crippen molar-refractivity contribution in [1.82, 2.24) is 4.98 Å². The van der Waals surface area contributed by atoms with E-state index in [1.807, 2.05) is 60.7 Å². The lowest BCUT2D eigenvalue weighted by Gasteiger charge is -2.18. The third kappa shape index (κ3) is 3.35. The van der Waals surface area contributed by atoms with Crippen molar-refractivity contribution in [3.05, 3.63) is 102 Å². The lowest BCUT2D eigenvalue weighted by Crippen LogP contribution is -2.23. The first-order chi connectivity index (χ1) is 13.2. The van der Waals surface area contributed by atoms with E-state index in [-0.39, 0.29) is 12.5 Å². The minimum atomic E-state index is -0.515. The minimum Gasteiger partial charge on any atom is -0.458 e. The number of fused-ring (bicyclic) bond motifs is 1. The molecule has 2 heterocycles. The zero-order chi connectivity index (χ0) is 18.6. The van der Waals surface area contributed by atoms with Gasteiger partial charge in [0, 0.05) is 29.7 Å². The summed E-state index contributed by atoms with van der Waals surface area (Å²) >= 11 is 0. The van der Waals surface area contributed by atoms with Crippen molar-refractivity contribution in [2.75, 3.05) is 4.90 Å². The summed E-state index contributed by atoms with van der Waals surface area (Å²) in [5.41, 5.74) is 3.17. The number of carbonyl (C=O) groups is 2. The van der Waals surface area contributed by atoms with Gasteiger partial charge in [0.15, 0.2) is 0 Å². The maximum atomic E-state index is 12.9. The number of anilines is 1. The van der Waals surface area contributed by atoms with Crippen LogP contribution in [0, 0.1) is 0 Å². The minimum absolute atomic E-state index is 0.169. The number of hydrogen-bond donors (Lipinski definition) is 0. The van der Waals surface area contributed by atoms with E-state index in [2.05, 4.69) is 4.98 Å². The van der Waals surface area contributed by atoms with E-state index in [1.165, 1.54) is 11.0 Å². The molecule has 0 radical (unpaired) electrons. The first-order valence-corrected chi connectivity index (χ1v) is 8.50. The number of carbonyl (C=O) groups excluding carboxylic acids is 2. The van der Waals surface area contributed by atoms with Crippen molar-refractivity contribution in [1.29, 1.82) is 0 Å². The van der Waals surface area contributed by atoms with Gasteiger partial charge in [-0.15, -0.1) is 0 Å². The molecule has 1 amide bonds. The fraction of sp³-hybridized carbons (Fsp3) is 0.0455. The van der Waals surface area contributed by atoms with Crippen LogP contribution in [-0.2, 0) is 16.1 Å². The summed E-state index contributed by atoms with van der Waals surface area (Å²) in [5.74, 6) is -0.708. The fourth-order valence-electron chi connectivity index (χ4n) is 2.99. The molecule has 1 aromatic heterocycles. The van der Waals surface area contributed by atoms with Crippen molar-refractivity contribution in [2.24, 2.45) is 0 Å². The SMILES string of the molecule is O=C(/C=C1\c2cnccc2C(=O)N1c1ccccc1)OCc1ccccc1. The third-order valence-electron chi connectivity index (χ3n) is 4.26. The Balaban J connectivity index is 1.66. The lowest BCUT2D eigenvalue weighted by atomic mass is 10.1. The molecule has 3 aromatic rings. The predicted molar refractivity (Wildman–Crippen MR) is 102 cm³/mol. The van der Waals surface area contributed by atoms with Gasteiger partial charge in [-0.25, -0.2) is 4.79 Å². The van der Waals surface area contributed by atoms with Gasteiger partial charge in [0.25, 0.3) is 5.91 Å². The van der Waals surface area contributed by atoms with Crippen LogP contribution in [0.2, 0.25) is 0 Å². The van der Waals surface area contributed by atoms with Gasteiger partial charge in [-0.1, -0.05) is 48.5 Å². The molecule has 0 saturated carbocycles. The molecule has 0 aliphatic carbocycles. The molecule has 4 rings (SSSR count). The maximum Gasteiger partial charge on any atom is 0.333 e. The second-order valence-electron chi connectivity index (χ2n) is 6.02. The van der Waals surface area contributed by atoms with Crippen LogP contribution < -0.4 is 4.90 Å². The smallest absolute Gasteiger partial charge is 0.333 e. The molecule has 0 N–H and O–H groups in total. The number of aromatic nitrogens is 1. The van der Waals surface area contributed by atoms with Crippen LogP contribution in [0.3, 0.4) is 0 Å². The van der Waals surface area contributed by atoms with Gasteiger partial charge in [-0.2, -0.15) is 0 Å². The van der Waals surface area contributed by atoms with Gasteiger partial charge >= 0.3 is 5.97 Å². The maximum absolute atomic E-state index is 12.9. The van der Waals surface area contributed by atoms with Gasteiger partial charge in [0.1, 0.15) is 6.61 Å². The molecule has 0 saturated heterocycles. The van der Waals surface area contributed by atoms with E-state index in [1.54, 1.807) is 18.5 Å². The molecule has 5 heteroatoms. The summed E-state index contributed by atoms with van der Waals surface area (Å²) in [6, 6.07) is 20.3. The monoisotopic (exact) mass is 356 g/mol. The average molecular weight is 356 g/mol. The topological polar surface area (TPSA) is 59.5 Å². The predicted octanol–water partition coefficient (Wildman–Crippen LogP) is 3.83. The number of amides is 1. The molecule has 1 aliphatic rings. The standard InChI is InChI=1S/C22H16N2O3/c25-21(27-15-16-7-3-1-4-8-16)13-20-19-14-23-12-11-18(19)22(26)24(20)17-9-5-2-6-10-17/h1-14H,15H2/b20-13+. The van der Waals surface area contributed by atoms with Crippen LogP contribution in [0.15, 0.2) is 85.2 Å². The number of para-hydroxylation sites is 1. The molecule has 132 valence electrons. The van der Waals surface area contributed by atoms with Crippen LogP contribution in [0.4, 0.5) is 5.69 Å². The summed E-state index contributed by atoms with van der Waals surface area (Å²) in [5, 5.41) is 0. The Morgan fingerprint density at radius 1 is 0.963 bits per heavy atom. The van der Waals surface area contributed by atoms with Gasteiger partial charge in [-0.05, 0) is 23.8 Å². The molecule has 27 heavy (non-hydrogen) atoms. The zero-order valence-electron chi connectivity index (χ0n) is 14.4. The number of rotatable bonds is 4. The Morgan fingerprint density at radius 2 is 1.67 bits per heavy atom. The van der Waals surface area contributed by atoms with E-state index in [9.17, 15) is 9.59 Å². The van der Waals surface area contributed by atoms with Gasteiger partial charge in [-0.3, -0.25) is 14.7 Å². The number of hydrogen-bond acceptors (Lipinski definition) is 4. The first kappa shape index (κ1) is 16.7. The van der Waals surface area contributed by atoms with E-state index < -0.39 is 5.97 Å². The number of nitrogens with zero attached hydrogens (tertiary/aromatic N) is 2. The van der Waals surface area contributed by atoms with Crippen molar-refractivity contribution in [3.63, 3.8) is 0 Å². The van der Waals surface area contributed by atoms with Crippen molar-refractivity contribution in [2.45, 2.75) is 6.61 Å². The lowest BCUT2D eigenvalue weighted by molar-refractivity contribution is -0.138. The number of pyridine rings is 1. The molecule has 0 bridgehead atoms. The highest BCUT2D eigenvalue weighted by Gasteiger charge is 2.34. The molecule has 1 aliphatic heterocycles. The molecular formula is C22H16N2O3. The fourth-order valence-corrected chi connectivity index (χ4v) is 2.99. The van der Waals surface area contributed by atoms with Gasteiger partial charge < -0.3 is 4.74 Å². The van der Waals surface area contributed by atoms with Crippen molar-refractivity contribution < 1.29 is 14.3 Å². The summed E-state index contributed by atoms with van der Waals surface area (Å²) in [7, 11) is 0. The Labute approximate surface area is 156 Å². The van der Waals surface area contributed by atoms with E-state index in [4.69, 9.17) is 4.74 Å². The third-order valence-corrected chi connectivity index (χ3v) is 4.26. The quantitative estimate of drug-likeness (QED) is 0.527. The molecule has 0 spiro atoms. The van der Waals surface area contributed by atoms with Gasteiger partial charge in [0.05, 0.1) is 11.3 Å². The van der Waals surface area contributed by atoms with Crippen LogP contribution in [-0.4, -0.2) is 16.9 Å². The Bertz CT molecular complexity index is 1010. The highest BCUT2D eigenvalue weighted by atomic mass is 16.5. The number of esters is 1. The Kier molecular flexibility index (Phi) is 4.49. The highest BCUT2D eigenvalue weighted by molar-refractivity contribution is 6.23. The summed E-state index contributed by atoms with van der Waals surface area (Å²) < 4.78 is 5.35. The average Bonchev–Trinajstić information content (AvgIpc) is 3.00. The Morgan fingerprint density at radius 3 is 2.41 bits per heavy atom. The number of benzene rings is 2. The molecule has 0 atom stereocenters. The van der Waals surface area contributed by atoms with E-state index in [0.29, 0.717) is 22.5 Å². The van der Waals surface area contributed by atoms with Crippen LogP contribution in [0.5, 0.6) is 0 Å². The molecule has 5 nitrogen and oxygen atoms in total. The largest absolute Gasteiger partial charge is 0.458 e. The van der Waals surface area contributed by atoms with Crippen LogP contribution >= 0.6 is 0 Å². The first-order valence-electron chi connectivity index (χ1n) is 8.50. The molecule has 0 unspecified atom stereocenters. The summed E-state index contributed by atoms with van der Waals surface area (Å²) in [6.07, 6.45) is 4.50. The van der Waals surface area contributed by atoms with Crippen LogP contribution in [0.25, 0.3) is 5.70 Å². The summed E-state index contributed by atoms with van der Waals surface area (Å²) in [4.78, 5) is 30.9. The van der Waals surface area contributed by atoms with Crippen molar-refractivity contribution >= 4 is 23.3 Å². The molecule has 2 aromatic carbocycles. The highest BCUT2D eigenvalue weighted by Crippen LogP contribution is 2.36. The van der Waals surface area contributed by atoms with Gasteiger partial charge in [0.2, 0.25) is 0 Å². The zero-order valence-corrected chi connectivity index (χ0v) is 14.4. The molecule has 0 fully saturated rings. The molecular weight excluding hydrogens is 340 g/mol. The normalized spacial score (nSPS) is 14.3. The second kappa shape index (κ2) is 7.25. The van der Waals surface area contributed by atoms with Crippen LogP contribution in [0.1, 0.15) is 21.5 Å². The Hall–Kier alpha value is -3.73. The van der Waals surface area contributed by atoms with E-state index in [0.717, 1.165) is 5.56 Å². The second-order valence-corrected chi connectivity index (χ2v) is 6.02. The summed E-state index contributed by atoms with van der Waals surface area (Å²) in [6.45, 7) is 0.169. The van der Waals surface area contributed by atoms with E-state index >= 15 is 0 Å². The number of ether oxygens (including phenoxy) is 1. The van der Waals surface area contributed by atoms with Crippen molar-refractivity contribution in [3.8, 4) is 0 Å².